The second-order valence-electron chi connectivity index (χ2n) is 8.85. The number of fused-ring (bicyclic) bond motifs is 1. The molecular weight excluding hydrogens is 481 g/mol. The van der Waals surface area contributed by atoms with Crippen LogP contribution in [0.3, 0.4) is 0 Å². The van der Waals surface area contributed by atoms with Crippen LogP contribution < -0.4 is 15.8 Å². The predicted octanol–water partition coefficient (Wildman–Crippen LogP) is 3.70. The van der Waals surface area contributed by atoms with E-state index in [2.05, 4.69) is 25.0 Å². The van der Waals surface area contributed by atoms with Crippen molar-refractivity contribution >= 4 is 39.7 Å². The van der Waals surface area contributed by atoms with Crippen LogP contribution in [-0.2, 0) is 5.54 Å². The summed E-state index contributed by atoms with van der Waals surface area (Å²) in [5, 5.41) is 11.5. The highest BCUT2D eigenvalue weighted by Crippen LogP contribution is 2.61. The Morgan fingerprint density at radius 1 is 1.41 bits per heavy atom. The third-order valence-electron chi connectivity index (χ3n) is 6.35. The Morgan fingerprint density at radius 3 is 2.88 bits per heavy atom. The Bertz CT molecular complexity index is 1240. The minimum Gasteiger partial charge on any atom is -0.386 e. The third kappa shape index (κ3) is 4.11. The van der Waals surface area contributed by atoms with Gasteiger partial charge in [-0.3, -0.25) is 14.5 Å². The number of aromatic nitrogens is 2. The normalized spacial score (nSPS) is 30.6. The van der Waals surface area contributed by atoms with Crippen LogP contribution >= 0.6 is 22.1 Å². The van der Waals surface area contributed by atoms with E-state index in [4.69, 9.17) is 22.6 Å². The van der Waals surface area contributed by atoms with Gasteiger partial charge in [0.25, 0.3) is 5.91 Å². The molecule has 34 heavy (non-hydrogen) atoms. The van der Waals surface area contributed by atoms with Crippen molar-refractivity contribution in [3.8, 4) is 6.07 Å². The number of hydrogen-bond acceptors (Lipinski definition) is 8. The molecular formula is C22H25ClFN7O2S. The topological polar surface area (TPSA) is 149 Å². The smallest absolute Gasteiger partial charge is 0.276 e. The number of carbonyl (C=O) groups excluding carboxylic acids is 1. The first-order chi connectivity index (χ1) is 16.0. The summed E-state index contributed by atoms with van der Waals surface area (Å²) in [5.74, 6) is -0.854. The summed E-state index contributed by atoms with van der Waals surface area (Å²) in [6.45, 7) is 4.20. The van der Waals surface area contributed by atoms with Crippen molar-refractivity contribution in [1.82, 2.24) is 14.7 Å². The SMILES string of the molecule is CC1(c2nc(NC(=O)c3ncc(C#N)cc3Cl)ccc2F)CS2(O)NCCCCC2(C)C(N)=N1. The summed E-state index contributed by atoms with van der Waals surface area (Å²) in [4.78, 5) is 25.6. The van der Waals surface area contributed by atoms with Crippen molar-refractivity contribution in [3.05, 3.63) is 52.2 Å². The number of nitrogens with two attached hydrogens (primary N) is 1. The Kier molecular flexibility index (Phi) is 6.29. The lowest BCUT2D eigenvalue weighted by molar-refractivity contribution is 0.102. The van der Waals surface area contributed by atoms with Gasteiger partial charge in [-0.1, -0.05) is 28.5 Å². The van der Waals surface area contributed by atoms with E-state index in [9.17, 15) is 9.35 Å². The largest absolute Gasteiger partial charge is 0.386 e. The van der Waals surface area contributed by atoms with Crippen molar-refractivity contribution in [1.29, 1.82) is 5.26 Å². The average Bonchev–Trinajstić information content (AvgIpc) is 2.93. The number of rotatable bonds is 3. The molecule has 0 aliphatic carbocycles. The molecule has 0 radical (unpaired) electrons. The molecule has 4 rings (SSSR count). The number of halogens is 2. The van der Waals surface area contributed by atoms with Gasteiger partial charge in [0, 0.05) is 18.5 Å². The molecule has 2 aromatic rings. The summed E-state index contributed by atoms with van der Waals surface area (Å²) >= 11 is 6.07. The van der Waals surface area contributed by atoms with E-state index in [1.807, 2.05) is 13.0 Å². The third-order valence-corrected chi connectivity index (χ3v) is 10.2. The zero-order valence-corrected chi connectivity index (χ0v) is 20.3. The van der Waals surface area contributed by atoms with Crippen LogP contribution in [0.15, 0.2) is 29.4 Å². The maximum Gasteiger partial charge on any atom is 0.276 e. The van der Waals surface area contributed by atoms with Crippen molar-refractivity contribution < 1.29 is 13.7 Å². The van der Waals surface area contributed by atoms with Crippen LogP contribution in [0.5, 0.6) is 0 Å². The van der Waals surface area contributed by atoms with Crippen molar-refractivity contribution in [2.45, 2.75) is 43.4 Å². The fourth-order valence-electron chi connectivity index (χ4n) is 4.34. The van der Waals surface area contributed by atoms with E-state index in [0.717, 1.165) is 12.8 Å². The van der Waals surface area contributed by atoms with Gasteiger partial charge in [-0.2, -0.15) is 5.26 Å². The lowest BCUT2D eigenvalue weighted by atomic mass is 9.96. The monoisotopic (exact) mass is 505 g/mol. The molecule has 180 valence electrons. The van der Waals surface area contributed by atoms with Crippen molar-refractivity contribution in [2.75, 3.05) is 17.6 Å². The van der Waals surface area contributed by atoms with Gasteiger partial charge in [-0.25, -0.2) is 14.4 Å². The number of amidine groups is 1. The number of nitrogens with zero attached hydrogens (tertiary/aromatic N) is 4. The molecule has 1 fully saturated rings. The first-order valence-corrected chi connectivity index (χ1v) is 12.8. The molecule has 0 aromatic carbocycles. The molecule has 5 N–H and O–H groups in total. The van der Waals surface area contributed by atoms with Crippen LogP contribution in [-0.4, -0.2) is 43.3 Å². The van der Waals surface area contributed by atoms with Crippen LogP contribution in [0.2, 0.25) is 5.02 Å². The van der Waals surface area contributed by atoms with E-state index in [-0.39, 0.29) is 39.4 Å². The molecule has 0 saturated carbocycles. The Hall–Kier alpha value is -2.78. The quantitative estimate of drug-likeness (QED) is 0.496. The van der Waals surface area contributed by atoms with E-state index in [1.54, 1.807) is 6.92 Å². The molecule has 1 amide bonds. The van der Waals surface area contributed by atoms with Gasteiger partial charge >= 0.3 is 0 Å². The number of aliphatic imine (C=N–C) groups is 1. The Morgan fingerprint density at radius 2 is 2.18 bits per heavy atom. The summed E-state index contributed by atoms with van der Waals surface area (Å²) in [7, 11) is -2.48. The number of nitrogens with one attached hydrogen (secondary N) is 2. The summed E-state index contributed by atoms with van der Waals surface area (Å²) in [5.41, 5.74) is 5.20. The molecule has 9 nitrogen and oxygen atoms in total. The molecule has 2 aliphatic rings. The fourth-order valence-corrected chi connectivity index (χ4v) is 7.71. The molecule has 3 atom stereocenters. The lowest BCUT2D eigenvalue weighted by Gasteiger charge is -2.54. The number of amides is 1. The predicted molar refractivity (Wildman–Crippen MR) is 130 cm³/mol. The van der Waals surface area contributed by atoms with Gasteiger partial charge < -0.3 is 15.6 Å². The van der Waals surface area contributed by atoms with E-state index >= 15 is 4.39 Å². The van der Waals surface area contributed by atoms with Crippen molar-refractivity contribution in [3.63, 3.8) is 0 Å². The maximum atomic E-state index is 15.0. The van der Waals surface area contributed by atoms with E-state index in [0.29, 0.717) is 13.0 Å². The molecule has 12 heteroatoms. The first-order valence-electron chi connectivity index (χ1n) is 10.7. The number of pyridine rings is 2. The van der Waals surface area contributed by atoms with Crippen LogP contribution in [0, 0.1) is 17.1 Å². The lowest BCUT2D eigenvalue weighted by Crippen LogP contribution is -2.57. The standard InChI is InChI=1S/C22H25ClFN7O2S/c1-21(12-34(33)22(2,20(26)31-21)7-3-4-8-28-34)18-15(24)5-6-16(29-18)30-19(32)17-14(23)9-13(10-25)11-27-17/h5-6,9,11,28,33H,3-4,7-8,12H2,1-2H3,(H2,26,31)(H,29,30,32). The highest BCUT2D eigenvalue weighted by atomic mass is 35.5. The van der Waals surface area contributed by atoms with Crippen LogP contribution in [0.25, 0.3) is 0 Å². The highest BCUT2D eigenvalue weighted by Gasteiger charge is 2.55. The summed E-state index contributed by atoms with van der Waals surface area (Å²) < 4.78 is 29.2. The van der Waals surface area contributed by atoms with Gasteiger partial charge in [0.15, 0.2) is 0 Å². The van der Waals surface area contributed by atoms with E-state index in [1.165, 1.54) is 24.4 Å². The zero-order chi connectivity index (χ0) is 24.7. The first kappa shape index (κ1) is 24.3. The second kappa shape index (κ2) is 8.78. The number of carbonyl (C=O) groups is 1. The number of nitriles is 1. The van der Waals surface area contributed by atoms with Gasteiger partial charge in [0.2, 0.25) is 0 Å². The average molecular weight is 506 g/mol. The molecule has 2 aromatic heterocycles. The zero-order valence-electron chi connectivity index (χ0n) is 18.7. The number of hydrogen-bond donors (Lipinski definition) is 4. The maximum absolute atomic E-state index is 15.0. The molecule has 0 spiro atoms. The van der Waals surface area contributed by atoms with Crippen LogP contribution in [0.4, 0.5) is 10.2 Å². The van der Waals surface area contributed by atoms with Gasteiger partial charge in [0.1, 0.15) is 40.5 Å². The fraction of sp³-hybridized carbons (Fsp3) is 0.409. The minimum absolute atomic E-state index is 0.0000434. The molecule has 3 unspecified atom stereocenters. The molecule has 1 saturated heterocycles. The summed E-state index contributed by atoms with van der Waals surface area (Å²) in [6, 6.07) is 5.70. The Balaban J connectivity index is 1.68. The van der Waals surface area contributed by atoms with E-state index < -0.39 is 32.5 Å². The van der Waals surface area contributed by atoms with Gasteiger partial charge in [0.05, 0.1) is 15.3 Å². The highest BCUT2D eigenvalue weighted by molar-refractivity contribution is 8.29. The second-order valence-corrected chi connectivity index (χ2v) is 12.1. The minimum atomic E-state index is -2.48. The summed E-state index contributed by atoms with van der Waals surface area (Å²) in [6.07, 6.45) is 3.70. The molecule has 0 bridgehead atoms. The molecule has 4 heterocycles. The number of anilines is 1. The molecule has 2 aliphatic heterocycles. The van der Waals surface area contributed by atoms with Crippen LogP contribution in [0.1, 0.15) is 54.9 Å². The van der Waals surface area contributed by atoms with Gasteiger partial charge in [-0.15, -0.1) is 0 Å². The van der Waals surface area contributed by atoms with Crippen molar-refractivity contribution in [2.24, 2.45) is 10.7 Å². The van der Waals surface area contributed by atoms with Gasteiger partial charge in [-0.05, 0) is 44.9 Å². The Labute approximate surface area is 203 Å².